The fourth-order valence-corrected chi connectivity index (χ4v) is 2.45. The minimum Gasteiger partial charge on any atom is -0.353 e. The van der Waals surface area contributed by atoms with E-state index in [1.165, 1.54) is 11.8 Å². The minimum atomic E-state index is 0.0258. The van der Waals surface area contributed by atoms with Gasteiger partial charge in [-0.1, -0.05) is 30.3 Å². The van der Waals surface area contributed by atoms with Crippen molar-refractivity contribution in [3.8, 4) is 0 Å². The molecule has 0 aliphatic carbocycles. The van der Waals surface area contributed by atoms with E-state index >= 15 is 0 Å². The molecule has 1 amide bonds. The number of carbonyl (C=O) groups is 1. The van der Waals surface area contributed by atoms with Gasteiger partial charge in [0, 0.05) is 11.1 Å². The van der Waals surface area contributed by atoms with E-state index in [4.69, 9.17) is 11.6 Å². The topological polar surface area (TPSA) is 57.8 Å². The van der Waals surface area contributed by atoms with Crippen LogP contribution in [0.1, 0.15) is 20.3 Å². The van der Waals surface area contributed by atoms with E-state index in [1.54, 1.807) is 6.07 Å². The number of carbonyl (C=O) groups excluding carboxylic acids is 1. The van der Waals surface area contributed by atoms with Crippen molar-refractivity contribution in [3.63, 3.8) is 0 Å². The smallest absolute Gasteiger partial charge is 0.230 e. The van der Waals surface area contributed by atoms with Crippen molar-refractivity contribution in [1.29, 1.82) is 0 Å². The minimum absolute atomic E-state index is 0.0258. The number of hydrogen-bond donors (Lipinski definition) is 2. The molecule has 2 rings (SSSR count). The summed E-state index contributed by atoms with van der Waals surface area (Å²) in [4.78, 5) is 19.2. The summed E-state index contributed by atoms with van der Waals surface area (Å²) in [5.74, 6) is 0.385. The molecule has 0 spiro atoms. The van der Waals surface area contributed by atoms with E-state index < -0.39 is 0 Å². The Morgan fingerprint density at radius 3 is 3.11 bits per heavy atom. The number of nitrogens with zero attached hydrogens (tertiary/aromatic N) is 1. The first-order valence-electron chi connectivity index (χ1n) is 6.16. The highest BCUT2D eigenvalue weighted by Crippen LogP contribution is 2.21. The molecule has 0 saturated carbocycles. The molecule has 19 heavy (non-hydrogen) atoms. The van der Waals surface area contributed by atoms with Crippen molar-refractivity contribution < 1.29 is 4.79 Å². The summed E-state index contributed by atoms with van der Waals surface area (Å²) in [7, 11) is 0. The average Bonchev–Trinajstić information content (AvgIpc) is 2.78. The predicted molar refractivity (Wildman–Crippen MR) is 79.7 cm³/mol. The van der Waals surface area contributed by atoms with Gasteiger partial charge in [0.1, 0.15) is 0 Å². The van der Waals surface area contributed by atoms with Crippen molar-refractivity contribution in [2.24, 2.45) is 0 Å². The number of aromatic amines is 1. The molecule has 1 aromatic heterocycles. The van der Waals surface area contributed by atoms with E-state index in [9.17, 15) is 4.79 Å². The summed E-state index contributed by atoms with van der Waals surface area (Å²) in [6.45, 7) is 4.03. The first kappa shape index (κ1) is 14.2. The zero-order valence-electron chi connectivity index (χ0n) is 10.9. The lowest BCUT2D eigenvalue weighted by molar-refractivity contribution is -0.119. The van der Waals surface area contributed by atoms with Crippen LogP contribution < -0.4 is 5.32 Å². The molecule has 0 unspecified atom stereocenters. The maximum absolute atomic E-state index is 11.7. The van der Waals surface area contributed by atoms with Crippen molar-refractivity contribution in [3.05, 3.63) is 23.2 Å². The maximum Gasteiger partial charge on any atom is 0.230 e. The second-order valence-electron chi connectivity index (χ2n) is 4.37. The van der Waals surface area contributed by atoms with Gasteiger partial charge >= 0.3 is 0 Å². The first-order valence-corrected chi connectivity index (χ1v) is 7.52. The van der Waals surface area contributed by atoms with Gasteiger partial charge in [-0.05, 0) is 31.5 Å². The maximum atomic E-state index is 11.7. The number of aromatic nitrogens is 2. The third-order valence-corrected chi connectivity index (χ3v) is 3.89. The number of benzene rings is 1. The van der Waals surface area contributed by atoms with Gasteiger partial charge in [0.05, 0.1) is 16.8 Å². The van der Waals surface area contributed by atoms with Crippen LogP contribution in [0.3, 0.4) is 0 Å². The Hall–Kier alpha value is -1.20. The molecule has 0 bridgehead atoms. The Balaban J connectivity index is 1.96. The molecule has 0 aliphatic rings. The number of nitrogens with one attached hydrogen (secondary N) is 2. The highest BCUT2D eigenvalue weighted by molar-refractivity contribution is 7.99. The van der Waals surface area contributed by atoms with Gasteiger partial charge in [-0.3, -0.25) is 4.79 Å². The van der Waals surface area contributed by atoms with Crippen LogP contribution in [0.4, 0.5) is 0 Å². The van der Waals surface area contributed by atoms with Gasteiger partial charge in [-0.25, -0.2) is 4.98 Å². The molecular weight excluding hydrogens is 282 g/mol. The Morgan fingerprint density at radius 1 is 1.58 bits per heavy atom. The van der Waals surface area contributed by atoms with Crippen LogP contribution in [0.5, 0.6) is 0 Å². The van der Waals surface area contributed by atoms with E-state index in [-0.39, 0.29) is 11.9 Å². The van der Waals surface area contributed by atoms with Crippen LogP contribution in [0.15, 0.2) is 23.4 Å². The number of imidazole rings is 1. The lowest BCUT2D eigenvalue weighted by Crippen LogP contribution is -2.33. The molecule has 1 aromatic carbocycles. The molecule has 0 saturated heterocycles. The van der Waals surface area contributed by atoms with E-state index in [0.717, 1.165) is 22.6 Å². The zero-order chi connectivity index (χ0) is 13.8. The monoisotopic (exact) mass is 297 g/mol. The third-order valence-electron chi connectivity index (χ3n) is 2.78. The Bertz CT molecular complexity index is 584. The van der Waals surface area contributed by atoms with Crippen LogP contribution in [-0.2, 0) is 4.79 Å². The van der Waals surface area contributed by atoms with Gasteiger partial charge in [-0.15, -0.1) is 0 Å². The summed E-state index contributed by atoms with van der Waals surface area (Å²) in [5.41, 5.74) is 1.74. The van der Waals surface area contributed by atoms with E-state index in [2.05, 4.69) is 15.3 Å². The van der Waals surface area contributed by atoms with Gasteiger partial charge in [0.2, 0.25) is 5.91 Å². The second-order valence-corrected chi connectivity index (χ2v) is 5.77. The molecule has 6 heteroatoms. The second kappa shape index (κ2) is 6.30. The summed E-state index contributed by atoms with van der Waals surface area (Å²) in [5, 5.41) is 4.32. The van der Waals surface area contributed by atoms with Crippen molar-refractivity contribution in [1.82, 2.24) is 15.3 Å². The molecule has 0 aliphatic heterocycles. The number of fused-ring (bicyclic) bond motifs is 1. The Labute approximate surface area is 121 Å². The molecule has 1 heterocycles. The number of H-pyrrole nitrogens is 1. The predicted octanol–water partition coefficient (Wildman–Crippen LogP) is 3.22. The summed E-state index contributed by atoms with van der Waals surface area (Å²) < 4.78 is 0. The summed E-state index contributed by atoms with van der Waals surface area (Å²) >= 11 is 7.30. The number of hydrogen-bond acceptors (Lipinski definition) is 3. The normalized spacial score (nSPS) is 12.6. The molecular formula is C13H16ClN3OS. The Morgan fingerprint density at radius 2 is 2.37 bits per heavy atom. The largest absolute Gasteiger partial charge is 0.353 e. The molecule has 0 radical (unpaired) electrons. The van der Waals surface area contributed by atoms with Crippen LogP contribution in [0, 0.1) is 0 Å². The van der Waals surface area contributed by atoms with E-state index in [1.807, 2.05) is 26.0 Å². The quantitative estimate of drug-likeness (QED) is 0.833. The molecule has 2 aromatic rings. The molecule has 2 N–H and O–H groups in total. The first-order chi connectivity index (χ1) is 9.08. The lowest BCUT2D eigenvalue weighted by Gasteiger charge is -2.10. The van der Waals surface area contributed by atoms with Gasteiger partial charge in [0.15, 0.2) is 5.16 Å². The lowest BCUT2D eigenvalue weighted by atomic mass is 10.3. The summed E-state index contributed by atoms with van der Waals surface area (Å²) in [6.07, 6.45) is 0.930. The van der Waals surface area contributed by atoms with Gasteiger partial charge in [0.25, 0.3) is 0 Å². The van der Waals surface area contributed by atoms with Crippen LogP contribution in [-0.4, -0.2) is 27.7 Å². The Kier molecular flexibility index (Phi) is 4.71. The highest BCUT2D eigenvalue weighted by atomic mass is 35.5. The SMILES string of the molecule is CC[C@@H](C)NC(=O)CSc1nc2ccc(Cl)cc2[nH]1. The molecule has 4 nitrogen and oxygen atoms in total. The summed E-state index contributed by atoms with van der Waals surface area (Å²) in [6, 6.07) is 5.70. The molecule has 102 valence electrons. The van der Waals surface area contributed by atoms with Gasteiger partial charge < -0.3 is 10.3 Å². The highest BCUT2D eigenvalue weighted by Gasteiger charge is 2.09. The number of thioether (sulfide) groups is 1. The van der Waals surface area contributed by atoms with Gasteiger partial charge in [-0.2, -0.15) is 0 Å². The van der Waals surface area contributed by atoms with E-state index in [0.29, 0.717) is 10.8 Å². The van der Waals surface area contributed by atoms with Crippen molar-refractivity contribution >= 4 is 40.3 Å². The van der Waals surface area contributed by atoms with Crippen LogP contribution in [0.2, 0.25) is 5.02 Å². The fourth-order valence-electron chi connectivity index (χ4n) is 1.58. The molecule has 1 atom stereocenters. The zero-order valence-corrected chi connectivity index (χ0v) is 12.4. The number of amides is 1. The number of rotatable bonds is 5. The van der Waals surface area contributed by atoms with Crippen molar-refractivity contribution in [2.75, 3.05) is 5.75 Å². The van der Waals surface area contributed by atoms with Crippen LogP contribution in [0.25, 0.3) is 11.0 Å². The average molecular weight is 298 g/mol. The molecule has 0 fully saturated rings. The fraction of sp³-hybridized carbons (Fsp3) is 0.385. The standard InChI is InChI=1S/C13H16ClN3OS/c1-3-8(2)15-12(18)7-19-13-16-10-5-4-9(14)6-11(10)17-13/h4-6,8H,3,7H2,1-2H3,(H,15,18)(H,16,17)/t8-/m1/s1. The van der Waals surface area contributed by atoms with Crippen LogP contribution >= 0.6 is 23.4 Å². The third kappa shape index (κ3) is 3.88. The number of halogens is 1. The van der Waals surface area contributed by atoms with Crippen molar-refractivity contribution in [2.45, 2.75) is 31.5 Å².